The molecule has 0 heterocycles. The second-order valence-corrected chi connectivity index (χ2v) is 3.65. The second-order valence-electron chi connectivity index (χ2n) is 3.65. The van der Waals surface area contributed by atoms with Gasteiger partial charge in [-0.05, 0) is 31.2 Å². The molecule has 0 aliphatic heterocycles. The number of nitrogens with one attached hydrogen (secondary N) is 1. The fraction of sp³-hybridized carbons (Fsp3) is 0.500. The van der Waals surface area contributed by atoms with Crippen molar-refractivity contribution in [1.29, 1.82) is 0 Å². The first-order chi connectivity index (χ1) is 8.13. The lowest BCUT2D eigenvalue weighted by atomic mass is 10.0. The summed E-state index contributed by atoms with van der Waals surface area (Å²) < 4.78 is 41.4. The summed E-state index contributed by atoms with van der Waals surface area (Å²) in [6.07, 6.45) is -1.93. The molecular weight excluding hydrogens is 231 g/mol. The van der Waals surface area contributed by atoms with Crippen LogP contribution in [0.5, 0.6) is 0 Å². The maximum Gasteiger partial charge on any atom is 0.261 e. The van der Waals surface area contributed by atoms with Gasteiger partial charge < -0.3 is 10.1 Å². The van der Waals surface area contributed by atoms with Crippen LogP contribution >= 0.6 is 0 Å². The van der Waals surface area contributed by atoms with Crippen LogP contribution < -0.4 is 5.32 Å². The van der Waals surface area contributed by atoms with E-state index in [1.54, 1.807) is 19.2 Å². The van der Waals surface area contributed by atoms with Crippen molar-refractivity contribution in [3.8, 4) is 0 Å². The zero-order valence-corrected chi connectivity index (χ0v) is 9.63. The molecule has 1 aromatic carbocycles. The lowest BCUT2D eigenvalue weighted by Gasteiger charge is -2.16. The van der Waals surface area contributed by atoms with Crippen molar-refractivity contribution in [2.75, 3.05) is 20.3 Å². The third kappa shape index (κ3) is 5.19. The molecule has 0 fully saturated rings. The lowest BCUT2D eigenvalue weighted by molar-refractivity contribution is 0.0145. The average Bonchev–Trinajstić information content (AvgIpc) is 2.29. The van der Waals surface area contributed by atoms with Crippen molar-refractivity contribution >= 4 is 0 Å². The van der Waals surface area contributed by atoms with Crippen molar-refractivity contribution in [3.05, 3.63) is 35.6 Å². The second kappa shape index (κ2) is 7.29. The molecular formula is C12H16F3NO. The van der Waals surface area contributed by atoms with Gasteiger partial charge in [0, 0.05) is 12.6 Å². The zero-order chi connectivity index (χ0) is 12.7. The van der Waals surface area contributed by atoms with E-state index in [4.69, 9.17) is 4.74 Å². The van der Waals surface area contributed by atoms with Gasteiger partial charge in [0.2, 0.25) is 0 Å². The number of alkyl halides is 2. The van der Waals surface area contributed by atoms with Gasteiger partial charge in [0.15, 0.2) is 0 Å². The molecule has 1 unspecified atom stereocenters. The highest BCUT2D eigenvalue weighted by atomic mass is 19.3. The quantitative estimate of drug-likeness (QED) is 0.748. The monoisotopic (exact) mass is 247 g/mol. The van der Waals surface area contributed by atoms with Gasteiger partial charge in [-0.15, -0.1) is 0 Å². The topological polar surface area (TPSA) is 21.3 Å². The molecule has 0 aliphatic carbocycles. The number of hydrogen-bond donors (Lipinski definition) is 1. The van der Waals surface area contributed by atoms with Crippen LogP contribution in [0.15, 0.2) is 24.3 Å². The Balaban J connectivity index is 2.43. The fourth-order valence-corrected chi connectivity index (χ4v) is 1.57. The standard InChI is InChI=1S/C12H16F3NO/c1-16-11(5-6-17-8-12(14)15)9-3-2-4-10(13)7-9/h2-4,7,11-12,16H,5-6,8H2,1H3. The molecule has 2 nitrogen and oxygen atoms in total. The summed E-state index contributed by atoms with van der Waals surface area (Å²) in [4.78, 5) is 0. The molecule has 0 radical (unpaired) electrons. The SMILES string of the molecule is CNC(CCOCC(F)F)c1cccc(F)c1. The smallest absolute Gasteiger partial charge is 0.261 e. The molecule has 5 heteroatoms. The summed E-state index contributed by atoms with van der Waals surface area (Å²) in [5, 5.41) is 3.00. The Labute approximate surface area is 98.8 Å². The number of benzene rings is 1. The van der Waals surface area contributed by atoms with Gasteiger partial charge in [0.1, 0.15) is 12.4 Å². The largest absolute Gasteiger partial charge is 0.375 e. The summed E-state index contributed by atoms with van der Waals surface area (Å²) in [5.41, 5.74) is 0.785. The molecule has 1 atom stereocenters. The molecule has 0 saturated heterocycles. The summed E-state index contributed by atoms with van der Waals surface area (Å²) in [5.74, 6) is -0.309. The average molecular weight is 247 g/mol. The number of hydrogen-bond acceptors (Lipinski definition) is 2. The predicted molar refractivity (Wildman–Crippen MR) is 59.6 cm³/mol. The Hall–Kier alpha value is -1.07. The highest BCUT2D eigenvalue weighted by Gasteiger charge is 2.10. The Kier molecular flexibility index (Phi) is 6.00. The van der Waals surface area contributed by atoms with Gasteiger partial charge in [0.25, 0.3) is 6.43 Å². The van der Waals surface area contributed by atoms with Crippen molar-refractivity contribution in [1.82, 2.24) is 5.32 Å². The number of halogens is 3. The van der Waals surface area contributed by atoms with E-state index in [1.807, 2.05) is 0 Å². The predicted octanol–water partition coefficient (Wildman–Crippen LogP) is 2.76. The van der Waals surface area contributed by atoms with Gasteiger partial charge in [-0.3, -0.25) is 0 Å². The Morgan fingerprint density at radius 2 is 2.12 bits per heavy atom. The molecule has 0 amide bonds. The molecule has 1 aromatic rings. The van der Waals surface area contributed by atoms with Crippen LogP contribution in [-0.2, 0) is 4.74 Å². The molecule has 96 valence electrons. The van der Waals surface area contributed by atoms with E-state index in [0.29, 0.717) is 6.42 Å². The van der Waals surface area contributed by atoms with Crippen LogP contribution in [0.4, 0.5) is 13.2 Å². The van der Waals surface area contributed by atoms with E-state index < -0.39 is 13.0 Å². The van der Waals surface area contributed by atoms with Crippen molar-refractivity contribution in [2.24, 2.45) is 0 Å². The van der Waals surface area contributed by atoms with Crippen molar-refractivity contribution in [2.45, 2.75) is 18.9 Å². The van der Waals surface area contributed by atoms with Crippen LogP contribution in [0.1, 0.15) is 18.0 Å². The third-order valence-corrected chi connectivity index (χ3v) is 2.39. The van der Waals surface area contributed by atoms with Gasteiger partial charge in [-0.2, -0.15) is 0 Å². The van der Waals surface area contributed by atoms with Crippen LogP contribution in [0, 0.1) is 5.82 Å². The fourth-order valence-electron chi connectivity index (χ4n) is 1.57. The first-order valence-electron chi connectivity index (χ1n) is 5.42. The van der Waals surface area contributed by atoms with Gasteiger partial charge >= 0.3 is 0 Å². The molecule has 0 bridgehead atoms. The molecule has 0 spiro atoms. The van der Waals surface area contributed by atoms with E-state index in [2.05, 4.69) is 5.32 Å². The summed E-state index contributed by atoms with van der Waals surface area (Å²) in [6, 6.07) is 6.10. The van der Waals surface area contributed by atoms with E-state index >= 15 is 0 Å². The van der Waals surface area contributed by atoms with Crippen molar-refractivity contribution < 1.29 is 17.9 Å². The Morgan fingerprint density at radius 3 is 2.71 bits per heavy atom. The highest BCUT2D eigenvalue weighted by molar-refractivity contribution is 5.19. The van der Waals surface area contributed by atoms with Gasteiger partial charge in [-0.25, -0.2) is 13.2 Å². The lowest BCUT2D eigenvalue weighted by Crippen LogP contribution is -2.19. The third-order valence-electron chi connectivity index (χ3n) is 2.39. The molecule has 0 aliphatic rings. The molecule has 0 saturated carbocycles. The minimum Gasteiger partial charge on any atom is -0.375 e. The maximum atomic E-state index is 13.0. The molecule has 1 N–H and O–H groups in total. The molecule has 1 rings (SSSR count). The van der Waals surface area contributed by atoms with E-state index in [9.17, 15) is 13.2 Å². The minimum absolute atomic E-state index is 0.0941. The first-order valence-corrected chi connectivity index (χ1v) is 5.42. The van der Waals surface area contributed by atoms with E-state index in [-0.39, 0.29) is 18.5 Å². The number of rotatable bonds is 7. The summed E-state index contributed by atoms with van der Waals surface area (Å²) in [7, 11) is 1.74. The van der Waals surface area contributed by atoms with Crippen molar-refractivity contribution in [3.63, 3.8) is 0 Å². The van der Waals surface area contributed by atoms with E-state index in [0.717, 1.165) is 5.56 Å². The Morgan fingerprint density at radius 1 is 1.35 bits per heavy atom. The van der Waals surface area contributed by atoms with E-state index in [1.165, 1.54) is 12.1 Å². The molecule has 17 heavy (non-hydrogen) atoms. The van der Waals surface area contributed by atoms with Crippen LogP contribution in [-0.4, -0.2) is 26.7 Å². The Bertz CT molecular complexity index is 333. The van der Waals surface area contributed by atoms with Gasteiger partial charge in [-0.1, -0.05) is 12.1 Å². The summed E-state index contributed by atoms with van der Waals surface area (Å²) >= 11 is 0. The highest BCUT2D eigenvalue weighted by Crippen LogP contribution is 2.17. The van der Waals surface area contributed by atoms with Gasteiger partial charge in [0.05, 0.1) is 0 Å². The van der Waals surface area contributed by atoms with Crippen LogP contribution in [0.2, 0.25) is 0 Å². The number of ether oxygens (including phenoxy) is 1. The summed E-state index contributed by atoms with van der Waals surface area (Å²) in [6.45, 7) is -0.341. The molecule has 0 aromatic heterocycles. The maximum absolute atomic E-state index is 13.0. The minimum atomic E-state index is -2.45. The van der Waals surface area contributed by atoms with Crippen LogP contribution in [0.25, 0.3) is 0 Å². The first kappa shape index (κ1) is 14.0. The zero-order valence-electron chi connectivity index (χ0n) is 9.63. The normalized spacial score (nSPS) is 13.0. The van der Waals surface area contributed by atoms with Crippen LogP contribution in [0.3, 0.4) is 0 Å².